The van der Waals surface area contributed by atoms with E-state index < -0.39 is 0 Å². The molecule has 2 heterocycles. The lowest BCUT2D eigenvalue weighted by molar-refractivity contribution is 0.101. The average molecular weight is 202 g/mol. The average Bonchev–Trinajstić information content (AvgIpc) is 2.61. The zero-order valence-corrected chi connectivity index (χ0v) is 8.21. The van der Waals surface area contributed by atoms with Gasteiger partial charge in [0.05, 0.1) is 23.8 Å². The normalized spacial score (nSPS) is 10.2. The summed E-state index contributed by atoms with van der Waals surface area (Å²) in [5, 5.41) is 4.04. The summed E-state index contributed by atoms with van der Waals surface area (Å²) < 4.78 is 1.49. The first kappa shape index (κ1) is 9.39. The maximum Gasteiger partial charge on any atom is 0.180 e. The van der Waals surface area contributed by atoms with Gasteiger partial charge >= 0.3 is 0 Å². The van der Waals surface area contributed by atoms with Gasteiger partial charge in [-0.05, 0) is 12.1 Å². The van der Waals surface area contributed by atoms with Gasteiger partial charge in [0.15, 0.2) is 5.78 Å². The van der Waals surface area contributed by atoms with Crippen molar-refractivity contribution >= 4 is 11.5 Å². The van der Waals surface area contributed by atoms with Crippen molar-refractivity contribution in [3.8, 4) is 5.69 Å². The molecule has 0 amide bonds. The molecule has 0 fully saturated rings. The molecule has 0 bridgehead atoms. The Labute approximate surface area is 86.5 Å². The van der Waals surface area contributed by atoms with E-state index in [1.165, 1.54) is 17.8 Å². The number of nitrogen functional groups attached to an aromatic ring is 1. The second kappa shape index (κ2) is 3.53. The molecule has 5 nitrogen and oxygen atoms in total. The number of hydrogen-bond donors (Lipinski definition) is 1. The van der Waals surface area contributed by atoms with E-state index in [9.17, 15) is 4.79 Å². The molecule has 0 aliphatic carbocycles. The van der Waals surface area contributed by atoms with E-state index >= 15 is 0 Å². The molecule has 2 aromatic heterocycles. The zero-order valence-electron chi connectivity index (χ0n) is 8.21. The second-order valence-electron chi connectivity index (χ2n) is 3.13. The Morgan fingerprint density at radius 3 is 2.87 bits per heavy atom. The lowest BCUT2D eigenvalue weighted by Gasteiger charge is -2.04. The Morgan fingerprint density at radius 2 is 2.27 bits per heavy atom. The lowest BCUT2D eigenvalue weighted by atomic mass is 10.2. The summed E-state index contributed by atoms with van der Waals surface area (Å²) in [6, 6.07) is 3.59. The molecule has 0 radical (unpaired) electrons. The molecule has 0 aliphatic rings. The summed E-state index contributed by atoms with van der Waals surface area (Å²) in [7, 11) is 0. The molecule has 0 saturated heterocycles. The molecular formula is C10H10N4O. The number of pyridine rings is 1. The Hall–Kier alpha value is -2.17. The Morgan fingerprint density at radius 1 is 1.47 bits per heavy atom. The van der Waals surface area contributed by atoms with Crippen LogP contribution in [0.1, 0.15) is 17.4 Å². The predicted octanol–water partition coefficient (Wildman–Crippen LogP) is 1.05. The van der Waals surface area contributed by atoms with Gasteiger partial charge in [0.25, 0.3) is 0 Å². The van der Waals surface area contributed by atoms with Gasteiger partial charge in [-0.3, -0.25) is 9.78 Å². The van der Waals surface area contributed by atoms with E-state index in [1.54, 1.807) is 18.5 Å². The van der Waals surface area contributed by atoms with Gasteiger partial charge in [0, 0.05) is 13.1 Å². The first-order chi connectivity index (χ1) is 7.20. The molecule has 76 valence electrons. The quantitative estimate of drug-likeness (QED) is 0.739. The van der Waals surface area contributed by atoms with Crippen LogP contribution in [0.25, 0.3) is 5.69 Å². The topological polar surface area (TPSA) is 73.8 Å². The summed E-state index contributed by atoms with van der Waals surface area (Å²) in [5.41, 5.74) is 7.15. The molecule has 2 rings (SSSR count). The molecule has 2 N–H and O–H groups in total. The fraction of sp³-hybridized carbons (Fsp3) is 0.100. The number of ketones is 1. The van der Waals surface area contributed by atoms with E-state index in [4.69, 9.17) is 5.73 Å². The number of aromatic nitrogens is 3. The maximum atomic E-state index is 11.4. The summed E-state index contributed by atoms with van der Waals surface area (Å²) in [5.74, 6) is -0.117. The summed E-state index contributed by atoms with van der Waals surface area (Å²) in [4.78, 5) is 15.3. The molecule has 15 heavy (non-hydrogen) atoms. The van der Waals surface area contributed by atoms with Crippen molar-refractivity contribution in [2.75, 3.05) is 5.73 Å². The molecule has 5 heteroatoms. The van der Waals surface area contributed by atoms with Crippen LogP contribution >= 0.6 is 0 Å². The fourth-order valence-corrected chi connectivity index (χ4v) is 1.39. The van der Waals surface area contributed by atoms with Crippen molar-refractivity contribution in [1.82, 2.24) is 14.8 Å². The number of carbonyl (C=O) groups is 1. The number of rotatable bonds is 2. The van der Waals surface area contributed by atoms with Crippen LogP contribution in [0.4, 0.5) is 5.69 Å². The molecule has 0 unspecified atom stereocenters. The van der Waals surface area contributed by atoms with Gasteiger partial charge in [0.2, 0.25) is 0 Å². The van der Waals surface area contributed by atoms with Crippen molar-refractivity contribution < 1.29 is 4.79 Å². The van der Waals surface area contributed by atoms with Crippen molar-refractivity contribution in [3.05, 3.63) is 36.4 Å². The van der Waals surface area contributed by atoms with Crippen molar-refractivity contribution in [2.45, 2.75) is 6.92 Å². The highest BCUT2D eigenvalue weighted by Crippen LogP contribution is 2.15. The van der Waals surface area contributed by atoms with Crippen LogP contribution in [0.2, 0.25) is 0 Å². The van der Waals surface area contributed by atoms with Gasteiger partial charge in [-0.2, -0.15) is 5.10 Å². The van der Waals surface area contributed by atoms with Crippen LogP contribution in [0.5, 0.6) is 0 Å². The number of Topliss-reactive ketones (excluding diaryl/α,β-unsaturated/α-hetero) is 1. The molecule has 0 aromatic carbocycles. The first-order valence-corrected chi connectivity index (χ1v) is 4.45. The van der Waals surface area contributed by atoms with Crippen LogP contribution in [0.15, 0.2) is 30.7 Å². The minimum atomic E-state index is -0.117. The lowest BCUT2D eigenvalue weighted by Crippen LogP contribution is -2.08. The minimum Gasteiger partial charge on any atom is -0.396 e. The van der Waals surface area contributed by atoms with Gasteiger partial charge < -0.3 is 5.73 Å². The van der Waals surface area contributed by atoms with Gasteiger partial charge in [-0.1, -0.05) is 0 Å². The van der Waals surface area contributed by atoms with E-state index in [2.05, 4.69) is 10.1 Å². The Bertz CT molecular complexity index is 489. The van der Waals surface area contributed by atoms with Crippen LogP contribution in [-0.4, -0.2) is 20.5 Å². The zero-order chi connectivity index (χ0) is 10.8. The van der Waals surface area contributed by atoms with Crippen LogP contribution in [-0.2, 0) is 0 Å². The molecular weight excluding hydrogens is 192 g/mol. The highest BCUT2D eigenvalue weighted by molar-refractivity contribution is 5.97. The van der Waals surface area contributed by atoms with Crippen LogP contribution in [0.3, 0.4) is 0 Å². The van der Waals surface area contributed by atoms with Crippen molar-refractivity contribution in [3.63, 3.8) is 0 Å². The fourth-order valence-electron chi connectivity index (χ4n) is 1.39. The SMILES string of the molecule is CC(=O)c1c(N)cnn1-c1cccnc1. The molecule has 0 spiro atoms. The minimum absolute atomic E-state index is 0.117. The smallest absolute Gasteiger partial charge is 0.180 e. The maximum absolute atomic E-state index is 11.4. The van der Waals surface area contributed by atoms with Crippen molar-refractivity contribution in [2.24, 2.45) is 0 Å². The molecule has 0 atom stereocenters. The monoisotopic (exact) mass is 202 g/mol. The second-order valence-corrected chi connectivity index (χ2v) is 3.13. The largest absolute Gasteiger partial charge is 0.396 e. The third-order valence-electron chi connectivity index (χ3n) is 2.02. The van der Waals surface area contributed by atoms with Crippen molar-refractivity contribution in [1.29, 1.82) is 0 Å². The van der Waals surface area contributed by atoms with E-state index in [1.807, 2.05) is 6.07 Å². The van der Waals surface area contributed by atoms with Gasteiger partial charge in [0.1, 0.15) is 5.69 Å². The standard InChI is InChI=1S/C10H10N4O/c1-7(15)10-9(11)6-13-14(10)8-3-2-4-12-5-8/h2-6H,11H2,1H3. The molecule has 2 aromatic rings. The van der Waals surface area contributed by atoms with E-state index in [0.29, 0.717) is 11.4 Å². The Kier molecular flexibility index (Phi) is 2.21. The predicted molar refractivity (Wildman–Crippen MR) is 55.8 cm³/mol. The van der Waals surface area contributed by atoms with Gasteiger partial charge in [-0.15, -0.1) is 0 Å². The summed E-state index contributed by atoms with van der Waals surface area (Å²) in [6.07, 6.45) is 4.74. The number of nitrogens with two attached hydrogens (primary N) is 1. The van der Waals surface area contributed by atoms with E-state index in [0.717, 1.165) is 5.69 Å². The Balaban J connectivity index is 2.59. The first-order valence-electron chi connectivity index (χ1n) is 4.45. The van der Waals surface area contributed by atoms with Crippen LogP contribution < -0.4 is 5.73 Å². The third-order valence-corrected chi connectivity index (χ3v) is 2.02. The number of anilines is 1. The highest BCUT2D eigenvalue weighted by atomic mass is 16.1. The number of nitrogens with zero attached hydrogens (tertiary/aromatic N) is 3. The number of hydrogen-bond acceptors (Lipinski definition) is 4. The molecule has 0 saturated carbocycles. The number of carbonyl (C=O) groups excluding carboxylic acids is 1. The van der Waals surface area contributed by atoms with E-state index in [-0.39, 0.29) is 5.78 Å². The summed E-state index contributed by atoms with van der Waals surface area (Å²) >= 11 is 0. The highest BCUT2D eigenvalue weighted by Gasteiger charge is 2.13. The van der Waals surface area contributed by atoms with Gasteiger partial charge in [-0.25, -0.2) is 4.68 Å². The summed E-state index contributed by atoms with van der Waals surface area (Å²) in [6.45, 7) is 1.46. The van der Waals surface area contributed by atoms with Crippen LogP contribution in [0, 0.1) is 0 Å². The molecule has 0 aliphatic heterocycles. The third kappa shape index (κ3) is 1.59.